The van der Waals surface area contributed by atoms with Crippen LogP contribution in [0, 0.1) is 0 Å². The Bertz CT molecular complexity index is 112. The van der Waals surface area contributed by atoms with Crippen molar-refractivity contribution >= 4 is 42.4 Å². The third-order valence-corrected chi connectivity index (χ3v) is 0. The van der Waals surface area contributed by atoms with Gasteiger partial charge in [-0.3, -0.25) is 18.2 Å². The Morgan fingerprint density at radius 1 is 0.846 bits per heavy atom. The Hall–Kier alpha value is -0.240. The van der Waals surface area contributed by atoms with Crippen LogP contribution in [0.2, 0.25) is 0 Å². The second-order valence-corrected chi connectivity index (χ2v) is 1.67. The molecule has 0 fully saturated rings. The molecule has 0 rings (SSSR count). The second kappa shape index (κ2) is 17.7. The third kappa shape index (κ3) is 19400. The lowest BCUT2D eigenvalue weighted by molar-refractivity contribution is 0.137. The van der Waals surface area contributed by atoms with Crippen LogP contribution >= 0.6 is 13.5 Å². The highest BCUT2D eigenvalue weighted by Gasteiger charge is 1.70. The summed E-state index contributed by atoms with van der Waals surface area (Å²) in [4.78, 5) is 8.56. The van der Waals surface area contributed by atoms with Gasteiger partial charge in [-0.15, -0.1) is 0 Å². The van der Waals surface area contributed by atoms with Gasteiger partial charge in [-0.1, -0.05) is 0 Å². The molecule has 0 saturated heterocycles. The summed E-state index contributed by atoms with van der Waals surface area (Å²) < 4.78 is 45.7. The summed E-state index contributed by atoms with van der Waals surface area (Å²) >= 11 is -5.22. The Morgan fingerprint density at radius 3 is 0.846 bits per heavy atom. The molecule has 13 heavy (non-hydrogen) atoms. The molecule has 0 aromatic rings. The van der Waals surface area contributed by atoms with E-state index in [4.69, 9.17) is 41.6 Å². The average Bonchev–Trinajstić information content (AvgIpc) is 1.54. The number of hydrogen-bond acceptors (Lipinski definition) is 3. The first kappa shape index (κ1) is 23.0. The topological polar surface area (TPSA) is 173 Å². The van der Waals surface area contributed by atoms with Gasteiger partial charge in [-0.05, 0) is 0 Å². The summed E-state index contributed by atoms with van der Waals surface area (Å²) in [5.41, 5.74) is 0. The van der Waals surface area contributed by atoms with Crippen LogP contribution in [0.5, 0.6) is 0 Å². The van der Waals surface area contributed by atoms with E-state index in [2.05, 4.69) is 0 Å². The minimum absolute atomic E-state index is 0. The van der Waals surface area contributed by atoms with Crippen molar-refractivity contribution in [2.24, 2.45) is 0 Å². The van der Waals surface area contributed by atoms with E-state index in [1.54, 1.807) is 0 Å². The molecule has 0 amide bonds. The standard InChI is InChI=1S/CH2O3.2H2O3S.H2S/c2-1(3)4;2*1-4(2)3;/h(H2,2,3,4);2*(H2,1,2,3);1H2. The summed E-state index contributed by atoms with van der Waals surface area (Å²) in [7, 11) is 0. The largest absolute Gasteiger partial charge is 0.503 e. The zero-order valence-electron chi connectivity index (χ0n) is 5.72. The molecule has 12 heteroatoms. The Kier molecular flexibility index (Phi) is 31.4. The quantitative estimate of drug-likeness (QED) is 0.319. The van der Waals surface area contributed by atoms with Gasteiger partial charge in [0.1, 0.15) is 0 Å². The summed E-state index contributed by atoms with van der Waals surface area (Å²) in [6, 6.07) is 0. The zero-order chi connectivity index (χ0) is 10.7. The van der Waals surface area contributed by atoms with Gasteiger partial charge in [-0.2, -0.15) is 21.9 Å². The molecule has 0 aromatic heterocycles. The molecular weight excluding hydrogens is 252 g/mol. The van der Waals surface area contributed by atoms with Gasteiger partial charge in [0.25, 0.3) is 22.7 Å². The zero-order valence-corrected chi connectivity index (χ0v) is 8.36. The maximum Gasteiger partial charge on any atom is 0.503 e. The predicted molar refractivity (Wildman–Crippen MR) is 47.8 cm³/mol. The van der Waals surface area contributed by atoms with Crippen LogP contribution < -0.4 is 0 Å². The van der Waals surface area contributed by atoms with Crippen molar-refractivity contribution in [1.29, 1.82) is 0 Å². The van der Waals surface area contributed by atoms with Crippen molar-refractivity contribution in [2.75, 3.05) is 0 Å². The molecular formula is CH8O9S3. The fourth-order valence-electron chi connectivity index (χ4n) is 0. The first-order valence-electron chi connectivity index (χ1n) is 1.71. The van der Waals surface area contributed by atoms with Gasteiger partial charge in [0.15, 0.2) is 0 Å². The molecule has 0 aliphatic carbocycles. The van der Waals surface area contributed by atoms with Gasteiger partial charge in [0.05, 0.1) is 0 Å². The molecule has 0 aromatic carbocycles. The Labute approximate surface area is 84.5 Å². The van der Waals surface area contributed by atoms with E-state index in [1.807, 2.05) is 0 Å². The van der Waals surface area contributed by atoms with E-state index in [9.17, 15) is 0 Å². The molecule has 84 valence electrons. The van der Waals surface area contributed by atoms with E-state index >= 15 is 0 Å². The van der Waals surface area contributed by atoms with Gasteiger partial charge in [-0.25, -0.2) is 4.79 Å². The summed E-state index contributed by atoms with van der Waals surface area (Å²) in [6.45, 7) is 0. The molecule has 0 spiro atoms. The maximum atomic E-state index is 8.67. The molecule has 0 unspecified atom stereocenters. The maximum absolute atomic E-state index is 8.67. The van der Waals surface area contributed by atoms with Crippen LogP contribution in [0.1, 0.15) is 0 Å². The van der Waals surface area contributed by atoms with Crippen LogP contribution in [0.4, 0.5) is 4.79 Å². The Morgan fingerprint density at radius 2 is 0.846 bits per heavy atom. The van der Waals surface area contributed by atoms with Crippen molar-refractivity contribution in [2.45, 2.75) is 0 Å². The van der Waals surface area contributed by atoms with Crippen LogP contribution in [0.3, 0.4) is 0 Å². The summed E-state index contributed by atoms with van der Waals surface area (Å²) in [5, 5.41) is 13.9. The van der Waals surface area contributed by atoms with E-state index < -0.39 is 28.9 Å². The molecule has 0 bridgehead atoms. The lowest BCUT2D eigenvalue weighted by Gasteiger charge is -1.60. The normalized spacial score (nSPS) is 7.23. The third-order valence-electron chi connectivity index (χ3n) is 0. The first-order chi connectivity index (χ1) is 5.20. The van der Waals surface area contributed by atoms with Crippen molar-refractivity contribution in [3.05, 3.63) is 0 Å². The van der Waals surface area contributed by atoms with Gasteiger partial charge in [0.2, 0.25) is 0 Å². The Balaban J connectivity index is -0.0000000450. The number of carboxylic acid groups (broad SMARTS) is 2. The van der Waals surface area contributed by atoms with Crippen molar-refractivity contribution in [3.8, 4) is 0 Å². The van der Waals surface area contributed by atoms with Crippen molar-refractivity contribution < 1.29 is 41.6 Å². The summed E-state index contributed by atoms with van der Waals surface area (Å²) in [5.74, 6) is 0. The summed E-state index contributed by atoms with van der Waals surface area (Å²) in [6.07, 6.45) is -1.83. The van der Waals surface area contributed by atoms with E-state index in [0.29, 0.717) is 0 Å². The van der Waals surface area contributed by atoms with Gasteiger partial charge >= 0.3 is 6.16 Å². The molecule has 0 aliphatic rings. The molecule has 0 radical (unpaired) electrons. The molecule has 6 N–H and O–H groups in total. The van der Waals surface area contributed by atoms with E-state index in [0.717, 1.165) is 0 Å². The van der Waals surface area contributed by atoms with Crippen LogP contribution in [0.25, 0.3) is 0 Å². The first-order valence-corrected chi connectivity index (χ1v) is 3.84. The van der Waals surface area contributed by atoms with Gasteiger partial charge in [0, 0.05) is 0 Å². The van der Waals surface area contributed by atoms with Crippen LogP contribution in [-0.4, -0.2) is 43.0 Å². The molecule has 0 saturated carbocycles. The van der Waals surface area contributed by atoms with Crippen LogP contribution in [0.15, 0.2) is 0 Å². The SMILES string of the molecule is O=C(O)O.O=S(O)O.O=S(O)O.S. The van der Waals surface area contributed by atoms with E-state index in [1.165, 1.54) is 0 Å². The molecule has 0 atom stereocenters. The molecule has 9 nitrogen and oxygen atoms in total. The lowest BCUT2D eigenvalue weighted by atomic mass is 11.5. The minimum Gasteiger partial charge on any atom is -0.450 e. The second-order valence-electron chi connectivity index (χ2n) is 0.744. The minimum atomic E-state index is -2.61. The lowest BCUT2D eigenvalue weighted by Crippen LogP contribution is -1.81. The smallest absolute Gasteiger partial charge is 0.450 e. The fraction of sp³-hybridized carbons (Fsp3) is 0. The molecule has 0 heterocycles. The highest BCUT2D eigenvalue weighted by Crippen LogP contribution is 1.44. The van der Waals surface area contributed by atoms with E-state index in [-0.39, 0.29) is 13.5 Å². The highest BCUT2D eigenvalue weighted by atomic mass is 32.2. The predicted octanol–water partition coefficient (Wildman–Crippen LogP) is -0.303. The fourth-order valence-corrected chi connectivity index (χ4v) is 0. The van der Waals surface area contributed by atoms with Gasteiger partial charge < -0.3 is 10.2 Å². The van der Waals surface area contributed by atoms with Crippen molar-refractivity contribution in [1.82, 2.24) is 0 Å². The number of rotatable bonds is 0. The molecule has 0 aliphatic heterocycles. The number of hydrogen-bond donors (Lipinski definition) is 6. The number of carbonyl (C=O) groups is 1. The van der Waals surface area contributed by atoms with Crippen LogP contribution in [-0.2, 0) is 22.7 Å². The average molecular weight is 260 g/mol. The highest BCUT2D eigenvalue weighted by molar-refractivity contribution is 7.73. The van der Waals surface area contributed by atoms with Crippen molar-refractivity contribution in [3.63, 3.8) is 0 Å². The monoisotopic (exact) mass is 260 g/mol.